The van der Waals surface area contributed by atoms with Gasteiger partial charge in [-0.05, 0) is 30.7 Å². The Balaban J connectivity index is 1.71. The third-order valence-corrected chi connectivity index (χ3v) is 5.39. The molecule has 6 heteroatoms. The molecule has 1 amide bonds. The first-order chi connectivity index (χ1) is 13.1. The summed E-state index contributed by atoms with van der Waals surface area (Å²) < 4.78 is 7.55. The molecule has 0 radical (unpaired) electrons. The number of amides is 1. The van der Waals surface area contributed by atoms with Crippen molar-refractivity contribution in [2.75, 3.05) is 18.6 Å². The lowest BCUT2D eigenvalue weighted by Crippen LogP contribution is -2.25. The second kappa shape index (κ2) is 7.24. The molecule has 2 aromatic carbocycles. The number of imidazole rings is 1. The van der Waals surface area contributed by atoms with Crippen molar-refractivity contribution in [2.45, 2.75) is 32.2 Å². The highest BCUT2D eigenvalue weighted by atomic mass is 35.5. The summed E-state index contributed by atoms with van der Waals surface area (Å²) in [5.74, 6) is 1.76. The van der Waals surface area contributed by atoms with Gasteiger partial charge in [-0.2, -0.15) is 0 Å². The summed E-state index contributed by atoms with van der Waals surface area (Å²) in [4.78, 5) is 19.4. The summed E-state index contributed by atoms with van der Waals surface area (Å²) in [6.45, 7) is 3.61. The number of carbonyl (C=O) groups excluding carboxylic acids is 1. The van der Waals surface area contributed by atoms with E-state index in [0.29, 0.717) is 29.4 Å². The molecule has 0 saturated carbocycles. The fraction of sp³-hybridized carbons (Fsp3) is 0.333. The molecule has 0 aliphatic carbocycles. The van der Waals surface area contributed by atoms with Gasteiger partial charge in [-0.3, -0.25) is 4.79 Å². The van der Waals surface area contributed by atoms with E-state index >= 15 is 0 Å². The van der Waals surface area contributed by atoms with Gasteiger partial charge < -0.3 is 14.2 Å². The second-order valence-electron chi connectivity index (χ2n) is 6.83. The first-order valence-electron chi connectivity index (χ1n) is 9.21. The number of hydrogen-bond donors (Lipinski definition) is 0. The van der Waals surface area contributed by atoms with E-state index in [4.69, 9.17) is 21.3 Å². The minimum absolute atomic E-state index is 0.0405. The molecule has 1 aliphatic rings. The zero-order valence-corrected chi connectivity index (χ0v) is 16.2. The number of para-hydroxylation sites is 2. The van der Waals surface area contributed by atoms with Gasteiger partial charge in [0.05, 0.1) is 28.9 Å². The number of aromatic nitrogens is 2. The molecule has 1 unspecified atom stereocenters. The first kappa shape index (κ1) is 17.9. The number of aryl methyl sites for hydroxylation is 1. The van der Waals surface area contributed by atoms with Crippen LogP contribution in [0.1, 0.15) is 31.5 Å². The van der Waals surface area contributed by atoms with Gasteiger partial charge >= 0.3 is 0 Å². The van der Waals surface area contributed by atoms with Crippen molar-refractivity contribution >= 4 is 34.2 Å². The van der Waals surface area contributed by atoms with Crippen LogP contribution < -0.4 is 9.64 Å². The average Bonchev–Trinajstić information content (AvgIpc) is 3.23. The molecule has 2 heterocycles. The second-order valence-corrected chi connectivity index (χ2v) is 7.24. The van der Waals surface area contributed by atoms with Crippen LogP contribution in [0.2, 0.25) is 5.02 Å². The molecule has 0 spiro atoms. The number of ether oxygens (including phenoxy) is 1. The predicted molar refractivity (Wildman–Crippen MR) is 108 cm³/mol. The van der Waals surface area contributed by atoms with E-state index in [1.807, 2.05) is 24.3 Å². The number of nitrogens with zero attached hydrogens (tertiary/aromatic N) is 3. The van der Waals surface area contributed by atoms with Crippen molar-refractivity contribution < 1.29 is 9.53 Å². The van der Waals surface area contributed by atoms with Crippen LogP contribution in [0.3, 0.4) is 0 Å². The summed E-state index contributed by atoms with van der Waals surface area (Å²) in [6, 6.07) is 13.5. The molecule has 1 aliphatic heterocycles. The van der Waals surface area contributed by atoms with Crippen molar-refractivity contribution in [3.05, 3.63) is 53.3 Å². The van der Waals surface area contributed by atoms with Gasteiger partial charge in [0, 0.05) is 31.5 Å². The standard InChI is InChI=1S/C21H22ClN3O2/c1-3-10-24-18-7-5-4-6-17(18)23-21(24)14-11-20(26)25(13-14)19-12-15(27-2)8-9-16(19)22/h4-9,12,14H,3,10-11,13H2,1-2H3. The Morgan fingerprint density at radius 2 is 2.07 bits per heavy atom. The zero-order valence-electron chi connectivity index (χ0n) is 15.5. The molecule has 140 valence electrons. The van der Waals surface area contributed by atoms with E-state index in [0.717, 1.165) is 29.8 Å². The third kappa shape index (κ3) is 3.16. The summed E-state index contributed by atoms with van der Waals surface area (Å²) in [5.41, 5.74) is 2.80. The van der Waals surface area contributed by atoms with Crippen molar-refractivity contribution in [3.8, 4) is 5.75 Å². The zero-order chi connectivity index (χ0) is 19.0. The Labute approximate surface area is 163 Å². The summed E-state index contributed by atoms with van der Waals surface area (Å²) >= 11 is 6.37. The molecule has 1 fully saturated rings. The van der Waals surface area contributed by atoms with Crippen molar-refractivity contribution in [2.24, 2.45) is 0 Å². The van der Waals surface area contributed by atoms with Crippen molar-refractivity contribution in [1.29, 1.82) is 0 Å². The number of fused-ring (bicyclic) bond motifs is 1. The Morgan fingerprint density at radius 3 is 2.85 bits per heavy atom. The molecular weight excluding hydrogens is 362 g/mol. The van der Waals surface area contributed by atoms with E-state index in [9.17, 15) is 4.79 Å². The molecule has 5 nitrogen and oxygen atoms in total. The van der Waals surface area contributed by atoms with Crippen LogP contribution in [-0.2, 0) is 11.3 Å². The van der Waals surface area contributed by atoms with Gasteiger partial charge in [0.2, 0.25) is 5.91 Å². The van der Waals surface area contributed by atoms with E-state index < -0.39 is 0 Å². The molecule has 1 atom stereocenters. The van der Waals surface area contributed by atoms with E-state index in [1.54, 1.807) is 24.1 Å². The Morgan fingerprint density at radius 1 is 1.26 bits per heavy atom. The van der Waals surface area contributed by atoms with Gasteiger partial charge in [0.25, 0.3) is 0 Å². The number of rotatable bonds is 5. The molecule has 4 rings (SSSR count). The fourth-order valence-electron chi connectivity index (χ4n) is 3.80. The number of anilines is 1. The van der Waals surface area contributed by atoms with Crippen LogP contribution in [0.15, 0.2) is 42.5 Å². The molecule has 1 aromatic heterocycles. The van der Waals surface area contributed by atoms with E-state index in [-0.39, 0.29) is 11.8 Å². The minimum Gasteiger partial charge on any atom is -0.497 e. The maximum Gasteiger partial charge on any atom is 0.227 e. The number of methoxy groups -OCH3 is 1. The molecule has 3 aromatic rings. The van der Waals surface area contributed by atoms with Gasteiger partial charge in [-0.25, -0.2) is 4.98 Å². The van der Waals surface area contributed by atoms with Crippen molar-refractivity contribution in [1.82, 2.24) is 9.55 Å². The highest BCUT2D eigenvalue weighted by molar-refractivity contribution is 6.34. The normalized spacial score (nSPS) is 17.1. The maximum atomic E-state index is 12.8. The highest BCUT2D eigenvalue weighted by Gasteiger charge is 2.35. The molecule has 1 saturated heterocycles. The van der Waals surface area contributed by atoms with Gasteiger partial charge in [-0.1, -0.05) is 30.7 Å². The molecule has 0 bridgehead atoms. The quantitative estimate of drug-likeness (QED) is 0.645. The van der Waals surface area contributed by atoms with Gasteiger partial charge in [0.15, 0.2) is 0 Å². The average molecular weight is 384 g/mol. The lowest BCUT2D eigenvalue weighted by Gasteiger charge is -2.19. The fourth-order valence-corrected chi connectivity index (χ4v) is 4.02. The lowest BCUT2D eigenvalue weighted by atomic mass is 10.1. The van der Waals surface area contributed by atoms with Gasteiger partial charge in [0.1, 0.15) is 11.6 Å². The highest BCUT2D eigenvalue weighted by Crippen LogP contribution is 2.37. The Kier molecular flexibility index (Phi) is 4.79. The smallest absolute Gasteiger partial charge is 0.227 e. The molecule has 0 N–H and O–H groups in total. The Bertz CT molecular complexity index is 998. The van der Waals surface area contributed by atoms with Crippen LogP contribution in [0.25, 0.3) is 11.0 Å². The largest absolute Gasteiger partial charge is 0.497 e. The predicted octanol–water partition coefficient (Wildman–Crippen LogP) is 4.63. The number of benzene rings is 2. The monoisotopic (exact) mass is 383 g/mol. The number of halogens is 1. The van der Waals surface area contributed by atoms with Crippen molar-refractivity contribution in [3.63, 3.8) is 0 Å². The summed E-state index contributed by atoms with van der Waals surface area (Å²) in [7, 11) is 1.61. The van der Waals surface area contributed by atoms with Crippen LogP contribution >= 0.6 is 11.6 Å². The SMILES string of the molecule is CCCn1c(C2CC(=O)N(c3cc(OC)ccc3Cl)C2)nc2ccccc21. The maximum absolute atomic E-state index is 12.8. The summed E-state index contributed by atoms with van der Waals surface area (Å²) in [6.07, 6.45) is 1.44. The summed E-state index contributed by atoms with van der Waals surface area (Å²) in [5, 5.41) is 0.548. The lowest BCUT2D eigenvalue weighted by molar-refractivity contribution is -0.117. The van der Waals surface area contributed by atoms with E-state index in [2.05, 4.69) is 17.6 Å². The number of hydrogen-bond acceptors (Lipinski definition) is 3. The Hall–Kier alpha value is -2.53. The molecule has 27 heavy (non-hydrogen) atoms. The van der Waals surface area contributed by atoms with E-state index in [1.165, 1.54) is 0 Å². The van der Waals surface area contributed by atoms with Crippen LogP contribution in [0.4, 0.5) is 5.69 Å². The first-order valence-corrected chi connectivity index (χ1v) is 9.59. The number of carbonyl (C=O) groups is 1. The molecular formula is C21H22ClN3O2. The third-order valence-electron chi connectivity index (χ3n) is 5.07. The van der Waals surface area contributed by atoms with Crippen LogP contribution in [0, 0.1) is 0 Å². The minimum atomic E-state index is 0.0405. The van der Waals surface area contributed by atoms with Crippen LogP contribution in [0.5, 0.6) is 5.75 Å². The van der Waals surface area contributed by atoms with Gasteiger partial charge in [-0.15, -0.1) is 0 Å². The topological polar surface area (TPSA) is 47.4 Å². The van der Waals surface area contributed by atoms with Crippen LogP contribution in [-0.4, -0.2) is 29.1 Å².